The third-order valence-corrected chi connectivity index (χ3v) is 3.15. The monoisotopic (exact) mass is 214 g/mol. The molecular formula is C12H26N2O. The fourth-order valence-electron chi connectivity index (χ4n) is 2.01. The molecule has 1 aliphatic heterocycles. The van der Waals surface area contributed by atoms with E-state index >= 15 is 0 Å². The Kier molecular flexibility index (Phi) is 4.56. The van der Waals surface area contributed by atoms with Gasteiger partial charge in [0.1, 0.15) is 0 Å². The summed E-state index contributed by atoms with van der Waals surface area (Å²) in [6.45, 7) is 12.5. The first kappa shape index (κ1) is 12.9. The Bertz CT molecular complexity index is 183. The van der Waals surface area contributed by atoms with E-state index in [2.05, 4.69) is 37.6 Å². The third-order valence-electron chi connectivity index (χ3n) is 3.15. The van der Waals surface area contributed by atoms with E-state index < -0.39 is 0 Å². The van der Waals surface area contributed by atoms with Crippen LogP contribution in [0, 0.1) is 5.92 Å². The van der Waals surface area contributed by atoms with E-state index in [0.717, 1.165) is 19.1 Å². The molecule has 0 atom stereocenters. The summed E-state index contributed by atoms with van der Waals surface area (Å²) in [5.41, 5.74) is 0.349. The zero-order valence-electron chi connectivity index (χ0n) is 10.9. The van der Waals surface area contributed by atoms with Crippen LogP contribution in [0.15, 0.2) is 0 Å². The molecule has 0 aromatic rings. The fourth-order valence-corrected chi connectivity index (χ4v) is 2.01. The maximum Gasteiger partial charge on any atom is 0.0589 e. The second kappa shape index (κ2) is 5.28. The van der Waals surface area contributed by atoms with Crippen molar-refractivity contribution in [3.63, 3.8) is 0 Å². The van der Waals surface area contributed by atoms with Crippen molar-refractivity contribution in [2.45, 2.75) is 26.3 Å². The van der Waals surface area contributed by atoms with Crippen LogP contribution in [0.4, 0.5) is 0 Å². The maximum absolute atomic E-state index is 5.07. The second-order valence-corrected chi connectivity index (χ2v) is 5.70. The van der Waals surface area contributed by atoms with Crippen LogP contribution < -0.4 is 0 Å². The molecule has 0 amide bonds. The summed E-state index contributed by atoms with van der Waals surface area (Å²) in [5.74, 6) is 0.853. The molecule has 1 saturated heterocycles. The quantitative estimate of drug-likeness (QED) is 0.686. The van der Waals surface area contributed by atoms with E-state index in [4.69, 9.17) is 4.74 Å². The lowest BCUT2D eigenvalue weighted by Gasteiger charge is -2.48. The van der Waals surface area contributed by atoms with Gasteiger partial charge in [-0.3, -0.25) is 4.90 Å². The summed E-state index contributed by atoms with van der Waals surface area (Å²) < 4.78 is 5.07. The Labute approximate surface area is 94.4 Å². The van der Waals surface area contributed by atoms with Gasteiger partial charge in [0.25, 0.3) is 0 Å². The molecule has 1 rings (SSSR count). The van der Waals surface area contributed by atoms with Crippen molar-refractivity contribution in [3.05, 3.63) is 0 Å². The predicted octanol–water partition coefficient (Wildman–Crippen LogP) is 1.29. The lowest BCUT2D eigenvalue weighted by Crippen LogP contribution is -2.58. The largest absolute Gasteiger partial charge is 0.383 e. The Morgan fingerprint density at radius 3 is 2.40 bits per heavy atom. The van der Waals surface area contributed by atoms with Crippen LogP contribution in [0.5, 0.6) is 0 Å². The molecule has 3 heteroatoms. The summed E-state index contributed by atoms with van der Waals surface area (Å²) in [6.07, 6.45) is 0. The smallest absolute Gasteiger partial charge is 0.0589 e. The van der Waals surface area contributed by atoms with Gasteiger partial charge in [-0.25, -0.2) is 0 Å². The van der Waals surface area contributed by atoms with Gasteiger partial charge in [-0.2, -0.15) is 0 Å². The molecule has 0 bridgehead atoms. The van der Waals surface area contributed by atoms with Crippen LogP contribution in [0.1, 0.15) is 20.8 Å². The first-order chi connectivity index (χ1) is 6.93. The number of likely N-dealkylation sites (tertiary alicyclic amines) is 1. The molecule has 15 heavy (non-hydrogen) atoms. The van der Waals surface area contributed by atoms with E-state index in [1.54, 1.807) is 7.11 Å². The SMILES string of the molecule is COCCN(C)CC1CN(C(C)(C)C)C1. The molecule has 0 saturated carbocycles. The van der Waals surface area contributed by atoms with Gasteiger partial charge >= 0.3 is 0 Å². The molecule has 0 unspecified atom stereocenters. The van der Waals surface area contributed by atoms with Crippen LogP contribution in [-0.4, -0.2) is 62.3 Å². The van der Waals surface area contributed by atoms with Crippen molar-refractivity contribution in [1.82, 2.24) is 9.80 Å². The highest BCUT2D eigenvalue weighted by molar-refractivity contribution is 4.89. The Hall–Kier alpha value is -0.120. The van der Waals surface area contributed by atoms with E-state index in [1.165, 1.54) is 19.6 Å². The van der Waals surface area contributed by atoms with E-state index in [-0.39, 0.29) is 0 Å². The van der Waals surface area contributed by atoms with Crippen LogP contribution in [-0.2, 0) is 4.74 Å². The maximum atomic E-state index is 5.07. The van der Waals surface area contributed by atoms with Gasteiger partial charge in [-0.1, -0.05) is 0 Å². The molecule has 1 aliphatic rings. The van der Waals surface area contributed by atoms with Crippen molar-refractivity contribution in [2.75, 3.05) is 46.9 Å². The second-order valence-electron chi connectivity index (χ2n) is 5.70. The molecule has 0 aromatic carbocycles. The first-order valence-electron chi connectivity index (χ1n) is 5.86. The molecular weight excluding hydrogens is 188 g/mol. The number of hydrogen-bond donors (Lipinski definition) is 0. The number of nitrogens with zero attached hydrogens (tertiary/aromatic N) is 2. The summed E-state index contributed by atoms with van der Waals surface area (Å²) in [7, 11) is 3.94. The van der Waals surface area contributed by atoms with Crippen molar-refractivity contribution < 1.29 is 4.74 Å². The van der Waals surface area contributed by atoms with E-state index in [0.29, 0.717) is 5.54 Å². The van der Waals surface area contributed by atoms with Gasteiger partial charge in [0.2, 0.25) is 0 Å². The van der Waals surface area contributed by atoms with Gasteiger partial charge in [0, 0.05) is 38.8 Å². The zero-order chi connectivity index (χ0) is 11.5. The average Bonchev–Trinajstić information content (AvgIpc) is 2.04. The molecule has 3 nitrogen and oxygen atoms in total. The first-order valence-corrected chi connectivity index (χ1v) is 5.86. The van der Waals surface area contributed by atoms with Gasteiger partial charge in [0.05, 0.1) is 6.61 Å². The number of hydrogen-bond acceptors (Lipinski definition) is 3. The normalized spacial score (nSPS) is 19.6. The highest BCUT2D eigenvalue weighted by atomic mass is 16.5. The lowest BCUT2D eigenvalue weighted by atomic mass is 9.92. The van der Waals surface area contributed by atoms with Crippen molar-refractivity contribution in [1.29, 1.82) is 0 Å². The molecule has 0 N–H and O–H groups in total. The topological polar surface area (TPSA) is 15.7 Å². The van der Waals surface area contributed by atoms with Crippen molar-refractivity contribution >= 4 is 0 Å². The standard InChI is InChI=1S/C12H26N2O/c1-12(2,3)14-9-11(10-14)8-13(4)6-7-15-5/h11H,6-10H2,1-5H3. The van der Waals surface area contributed by atoms with Gasteiger partial charge in [-0.05, 0) is 33.7 Å². The minimum Gasteiger partial charge on any atom is -0.383 e. The fraction of sp³-hybridized carbons (Fsp3) is 1.00. The van der Waals surface area contributed by atoms with E-state index in [1.807, 2.05) is 0 Å². The molecule has 1 fully saturated rings. The van der Waals surface area contributed by atoms with Gasteiger partial charge in [0.15, 0.2) is 0 Å². The highest BCUT2D eigenvalue weighted by Gasteiger charge is 2.34. The third kappa shape index (κ3) is 4.09. The molecule has 0 radical (unpaired) electrons. The summed E-state index contributed by atoms with van der Waals surface area (Å²) in [5, 5.41) is 0. The van der Waals surface area contributed by atoms with Gasteiger partial charge in [-0.15, -0.1) is 0 Å². The Morgan fingerprint density at radius 1 is 1.33 bits per heavy atom. The van der Waals surface area contributed by atoms with Crippen molar-refractivity contribution in [3.8, 4) is 0 Å². The average molecular weight is 214 g/mol. The highest BCUT2D eigenvalue weighted by Crippen LogP contribution is 2.25. The molecule has 1 heterocycles. The summed E-state index contributed by atoms with van der Waals surface area (Å²) in [4.78, 5) is 4.91. The number of ether oxygens (including phenoxy) is 1. The van der Waals surface area contributed by atoms with Crippen LogP contribution in [0.3, 0.4) is 0 Å². The predicted molar refractivity (Wildman–Crippen MR) is 64.2 cm³/mol. The lowest BCUT2D eigenvalue weighted by molar-refractivity contribution is -0.000926. The number of methoxy groups -OCH3 is 1. The van der Waals surface area contributed by atoms with E-state index in [9.17, 15) is 0 Å². The molecule has 0 spiro atoms. The Balaban J connectivity index is 2.12. The summed E-state index contributed by atoms with van der Waals surface area (Å²) >= 11 is 0. The molecule has 0 aromatic heterocycles. The summed E-state index contributed by atoms with van der Waals surface area (Å²) in [6, 6.07) is 0. The minimum absolute atomic E-state index is 0.349. The number of likely N-dealkylation sites (N-methyl/N-ethyl adjacent to an activating group) is 1. The van der Waals surface area contributed by atoms with Crippen LogP contribution >= 0.6 is 0 Å². The van der Waals surface area contributed by atoms with Crippen LogP contribution in [0.25, 0.3) is 0 Å². The minimum atomic E-state index is 0.349. The zero-order valence-corrected chi connectivity index (χ0v) is 10.9. The van der Waals surface area contributed by atoms with Gasteiger partial charge < -0.3 is 9.64 Å². The number of rotatable bonds is 5. The van der Waals surface area contributed by atoms with Crippen molar-refractivity contribution in [2.24, 2.45) is 5.92 Å². The molecule has 90 valence electrons. The van der Waals surface area contributed by atoms with Crippen LogP contribution in [0.2, 0.25) is 0 Å². The molecule has 0 aliphatic carbocycles. The Morgan fingerprint density at radius 2 is 1.93 bits per heavy atom.